The second-order valence-electron chi connectivity index (χ2n) is 8.61. The third kappa shape index (κ3) is 6.18. The van der Waals surface area contributed by atoms with Gasteiger partial charge in [-0.2, -0.15) is 4.80 Å². The number of aryl methyl sites for hydroxylation is 1. The van der Waals surface area contributed by atoms with Crippen molar-refractivity contribution in [1.82, 2.24) is 35.4 Å². The molecule has 184 valence electrons. The van der Waals surface area contributed by atoms with Gasteiger partial charge in [-0.05, 0) is 60.7 Å². The predicted octanol–water partition coefficient (Wildman–Crippen LogP) is 1.18. The molecule has 0 aliphatic carbocycles. The molecule has 0 saturated carbocycles. The molecule has 3 aromatic rings. The summed E-state index contributed by atoms with van der Waals surface area (Å²) in [7, 11) is 1.61. The van der Waals surface area contributed by atoms with Crippen LogP contribution in [0.1, 0.15) is 34.6 Å². The molecule has 0 atom stereocenters. The van der Waals surface area contributed by atoms with Gasteiger partial charge < -0.3 is 20.7 Å². The van der Waals surface area contributed by atoms with Gasteiger partial charge in [-0.25, -0.2) is 4.98 Å². The van der Waals surface area contributed by atoms with E-state index in [0.717, 1.165) is 24.2 Å². The standard InChI is InChI=1S/C24H30N8O3/c1-16-10-19(12-21(27-16)24(34)26-14-18-4-3-5-20(11-18)35-2)23-28-30-32(29-23)15-17-6-8-31(9-7-17)22(33)13-25/h3-5,10-12,17H,6-9,13-15,25H2,1-2H3,(H,26,34). The topological polar surface area (TPSA) is 141 Å². The van der Waals surface area contributed by atoms with E-state index in [4.69, 9.17) is 10.5 Å². The summed E-state index contributed by atoms with van der Waals surface area (Å²) in [6.07, 6.45) is 1.74. The Bertz CT molecular complexity index is 1190. The number of hydrogen-bond donors (Lipinski definition) is 2. The van der Waals surface area contributed by atoms with Crippen LogP contribution >= 0.6 is 0 Å². The number of piperidine rings is 1. The minimum atomic E-state index is -0.288. The molecule has 2 aromatic heterocycles. The summed E-state index contributed by atoms with van der Waals surface area (Å²) in [5, 5.41) is 15.8. The molecule has 0 radical (unpaired) electrons. The van der Waals surface area contributed by atoms with E-state index < -0.39 is 0 Å². The number of rotatable bonds is 8. The van der Waals surface area contributed by atoms with Gasteiger partial charge in [0.05, 0.1) is 20.2 Å². The number of carbonyl (C=O) groups excluding carboxylic acids is 2. The van der Waals surface area contributed by atoms with Gasteiger partial charge in [0.15, 0.2) is 0 Å². The lowest BCUT2D eigenvalue weighted by Gasteiger charge is -2.31. The maximum absolute atomic E-state index is 12.8. The highest BCUT2D eigenvalue weighted by molar-refractivity contribution is 5.93. The van der Waals surface area contributed by atoms with Crippen molar-refractivity contribution in [3.05, 3.63) is 53.3 Å². The molecule has 11 heteroatoms. The smallest absolute Gasteiger partial charge is 0.270 e. The number of hydrogen-bond acceptors (Lipinski definition) is 8. The third-order valence-electron chi connectivity index (χ3n) is 6.05. The van der Waals surface area contributed by atoms with Gasteiger partial charge >= 0.3 is 0 Å². The van der Waals surface area contributed by atoms with Gasteiger partial charge in [-0.1, -0.05) is 12.1 Å². The molecule has 1 aliphatic rings. The molecule has 1 aromatic carbocycles. The van der Waals surface area contributed by atoms with Crippen molar-refractivity contribution in [2.45, 2.75) is 32.9 Å². The molecule has 0 spiro atoms. The average Bonchev–Trinajstić information content (AvgIpc) is 3.35. The summed E-state index contributed by atoms with van der Waals surface area (Å²) in [6.45, 7) is 4.23. The highest BCUT2D eigenvalue weighted by Gasteiger charge is 2.23. The fourth-order valence-corrected chi connectivity index (χ4v) is 4.13. The van der Waals surface area contributed by atoms with E-state index in [1.807, 2.05) is 37.3 Å². The van der Waals surface area contributed by atoms with Crippen LogP contribution in [0, 0.1) is 12.8 Å². The van der Waals surface area contributed by atoms with E-state index in [1.165, 1.54) is 0 Å². The molecule has 2 amide bonds. The number of nitrogens with two attached hydrogens (primary N) is 1. The van der Waals surface area contributed by atoms with Crippen LogP contribution < -0.4 is 15.8 Å². The van der Waals surface area contributed by atoms with Crippen molar-refractivity contribution < 1.29 is 14.3 Å². The summed E-state index contributed by atoms with van der Waals surface area (Å²) < 4.78 is 5.23. The number of carbonyl (C=O) groups is 2. The van der Waals surface area contributed by atoms with Crippen molar-refractivity contribution in [3.63, 3.8) is 0 Å². The van der Waals surface area contributed by atoms with Crippen LogP contribution in [0.2, 0.25) is 0 Å². The normalized spacial score (nSPS) is 14.1. The molecular formula is C24H30N8O3. The number of nitrogens with one attached hydrogen (secondary N) is 1. The van der Waals surface area contributed by atoms with Gasteiger partial charge in [0.1, 0.15) is 11.4 Å². The van der Waals surface area contributed by atoms with E-state index in [2.05, 4.69) is 25.7 Å². The third-order valence-corrected chi connectivity index (χ3v) is 6.05. The summed E-state index contributed by atoms with van der Waals surface area (Å²) in [5.74, 6) is 1.23. The quantitative estimate of drug-likeness (QED) is 0.492. The van der Waals surface area contributed by atoms with Crippen LogP contribution in [0.3, 0.4) is 0 Å². The maximum Gasteiger partial charge on any atom is 0.270 e. The van der Waals surface area contributed by atoms with Gasteiger partial charge in [-0.3, -0.25) is 9.59 Å². The van der Waals surface area contributed by atoms with Crippen molar-refractivity contribution in [3.8, 4) is 17.1 Å². The summed E-state index contributed by atoms with van der Waals surface area (Å²) in [4.78, 5) is 32.3. The Hall–Kier alpha value is -3.86. The van der Waals surface area contributed by atoms with Crippen molar-refractivity contribution in [2.75, 3.05) is 26.7 Å². The fraction of sp³-hybridized carbons (Fsp3) is 0.417. The van der Waals surface area contributed by atoms with E-state index in [0.29, 0.717) is 49.2 Å². The number of methoxy groups -OCH3 is 1. The molecule has 11 nitrogen and oxygen atoms in total. The first-order valence-corrected chi connectivity index (χ1v) is 11.6. The van der Waals surface area contributed by atoms with Crippen molar-refractivity contribution in [1.29, 1.82) is 0 Å². The Balaban J connectivity index is 1.39. The number of amides is 2. The molecule has 35 heavy (non-hydrogen) atoms. The van der Waals surface area contributed by atoms with Crippen LogP contribution in [-0.2, 0) is 17.9 Å². The van der Waals surface area contributed by atoms with Crippen molar-refractivity contribution in [2.24, 2.45) is 11.7 Å². The number of likely N-dealkylation sites (tertiary alicyclic amines) is 1. The Morgan fingerprint density at radius 3 is 2.74 bits per heavy atom. The molecule has 0 bridgehead atoms. The first-order chi connectivity index (χ1) is 16.9. The van der Waals surface area contributed by atoms with E-state index in [-0.39, 0.29) is 24.1 Å². The predicted molar refractivity (Wildman–Crippen MR) is 128 cm³/mol. The van der Waals surface area contributed by atoms with Crippen molar-refractivity contribution >= 4 is 11.8 Å². The Morgan fingerprint density at radius 2 is 2.00 bits per heavy atom. The summed E-state index contributed by atoms with van der Waals surface area (Å²) in [6, 6.07) is 11.0. The minimum Gasteiger partial charge on any atom is -0.497 e. The second-order valence-corrected chi connectivity index (χ2v) is 8.61. The SMILES string of the molecule is COc1cccc(CNC(=O)c2cc(-c3nnn(CC4CCN(C(=O)CN)CC4)n3)cc(C)n2)c1. The maximum atomic E-state index is 12.8. The van der Waals surface area contributed by atoms with Crippen LogP contribution in [0.5, 0.6) is 5.75 Å². The molecule has 0 unspecified atom stereocenters. The lowest BCUT2D eigenvalue weighted by Crippen LogP contribution is -2.42. The molecule has 3 heterocycles. The van der Waals surface area contributed by atoms with E-state index in [9.17, 15) is 9.59 Å². The lowest BCUT2D eigenvalue weighted by atomic mass is 9.97. The zero-order chi connectivity index (χ0) is 24.8. The Morgan fingerprint density at radius 1 is 1.20 bits per heavy atom. The Labute approximate surface area is 203 Å². The number of ether oxygens (including phenoxy) is 1. The molecule has 4 rings (SSSR count). The van der Waals surface area contributed by atoms with Gasteiger partial charge in [-0.15, -0.1) is 10.2 Å². The van der Waals surface area contributed by atoms with Gasteiger partial charge in [0.25, 0.3) is 5.91 Å². The second kappa shape index (κ2) is 11.0. The Kier molecular flexibility index (Phi) is 7.66. The molecule has 1 aliphatic heterocycles. The number of tetrazole rings is 1. The van der Waals surface area contributed by atoms with Crippen LogP contribution in [-0.4, -0.2) is 68.6 Å². The fourth-order valence-electron chi connectivity index (χ4n) is 4.13. The van der Waals surface area contributed by atoms with E-state index >= 15 is 0 Å². The van der Waals surface area contributed by atoms with Gasteiger partial charge in [0.2, 0.25) is 11.7 Å². The molecule has 1 fully saturated rings. The number of pyridine rings is 1. The molecule has 1 saturated heterocycles. The van der Waals surface area contributed by atoms with Crippen LogP contribution in [0.4, 0.5) is 0 Å². The van der Waals surface area contributed by atoms with E-state index in [1.54, 1.807) is 22.9 Å². The number of nitrogens with zero attached hydrogens (tertiary/aromatic N) is 6. The molecule has 3 N–H and O–H groups in total. The van der Waals surface area contributed by atoms with Gasteiger partial charge in [0, 0.05) is 30.9 Å². The monoisotopic (exact) mass is 478 g/mol. The number of benzene rings is 1. The summed E-state index contributed by atoms with van der Waals surface area (Å²) >= 11 is 0. The average molecular weight is 479 g/mol. The number of aromatic nitrogens is 5. The largest absolute Gasteiger partial charge is 0.497 e. The van der Waals surface area contributed by atoms with Crippen LogP contribution in [0.25, 0.3) is 11.4 Å². The highest BCUT2D eigenvalue weighted by atomic mass is 16.5. The lowest BCUT2D eigenvalue weighted by molar-refractivity contribution is -0.131. The zero-order valence-electron chi connectivity index (χ0n) is 20.0. The highest BCUT2D eigenvalue weighted by Crippen LogP contribution is 2.20. The first-order valence-electron chi connectivity index (χ1n) is 11.6. The zero-order valence-corrected chi connectivity index (χ0v) is 20.0. The summed E-state index contributed by atoms with van der Waals surface area (Å²) in [5.41, 5.74) is 8.03. The minimum absolute atomic E-state index is 0.0130. The first kappa shape index (κ1) is 24.3. The molecular weight excluding hydrogens is 448 g/mol. The van der Waals surface area contributed by atoms with Crippen LogP contribution in [0.15, 0.2) is 36.4 Å².